The van der Waals surface area contributed by atoms with Crippen LogP contribution in [0.3, 0.4) is 0 Å². The van der Waals surface area contributed by atoms with Crippen molar-refractivity contribution in [3.8, 4) is 17.6 Å². The molecule has 30 heavy (non-hydrogen) atoms. The monoisotopic (exact) mass is 415 g/mol. The third-order valence-electron chi connectivity index (χ3n) is 5.28. The van der Waals surface area contributed by atoms with E-state index in [0.717, 1.165) is 11.1 Å². The van der Waals surface area contributed by atoms with Crippen LogP contribution >= 0.6 is 0 Å². The molecular weight excluding hydrogens is 382 g/mol. The molecule has 164 valence electrons. The van der Waals surface area contributed by atoms with E-state index in [2.05, 4.69) is 22.5 Å². The highest BCUT2D eigenvalue weighted by molar-refractivity contribution is 5.91. The maximum atomic E-state index is 13.1. The molecule has 7 nitrogen and oxygen atoms in total. The zero-order chi connectivity index (χ0) is 22.5. The van der Waals surface area contributed by atoms with E-state index in [1.807, 2.05) is 39.0 Å². The average molecular weight is 416 g/mol. The van der Waals surface area contributed by atoms with E-state index in [0.29, 0.717) is 5.75 Å². The van der Waals surface area contributed by atoms with Crippen molar-refractivity contribution in [2.75, 3.05) is 20.7 Å². The smallest absolute Gasteiger partial charge is 0.243 e. The maximum Gasteiger partial charge on any atom is 0.243 e. The van der Waals surface area contributed by atoms with Crippen molar-refractivity contribution in [1.82, 2.24) is 15.5 Å². The summed E-state index contributed by atoms with van der Waals surface area (Å²) in [5.74, 6) is 5.99. The number of hydrogen-bond donors (Lipinski definition) is 3. The summed E-state index contributed by atoms with van der Waals surface area (Å²) in [5.41, 5.74) is 1.32. The zero-order valence-corrected chi connectivity index (χ0v) is 18.7. The van der Waals surface area contributed by atoms with Crippen LogP contribution in [-0.4, -0.2) is 60.7 Å². The molecule has 1 aliphatic rings. The molecule has 7 heteroatoms. The number of aliphatic hydroxyl groups excluding tert-OH is 1. The first-order valence-electron chi connectivity index (χ1n) is 10.2. The van der Waals surface area contributed by atoms with Gasteiger partial charge < -0.3 is 25.4 Å². The molecule has 1 heterocycles. The fourth-order valence-corrected chi connectivity index (χ4v) is 3.81. The van der Waals surface area contributed by atoms with E-state index < -0.39 is 18.2 Å². The van der Waals surface area contributed by atoms with Crippen LogP contribution in [0.15, 0.2) is 18.2 Å². The summed E-state index contributed by atoms with van der Waals surface area (Å²) < 4.78 is 5.42. The highest BCUT2D eigenvalue weighted by Gasteiger charge is 2.43. The van der Waals surface area contributed by atoms with Crippen molar-refractivity contribution < 1.29 is 19.4 Å². The first-order valence-corrected chi connectivity index (χ1v) is 10.2. The van der Waals surface area contributed by atoms with Crippen LogP contribution in [-0.2, 0) is 16.1 Å². The number of likely N-dealkylation sites (tertiary alicyclic amines) is 1. The van der Waals surface area contributed by atoms with Gasteiger partial charge in [-0.05, 0) is 31.5 Å². The van der Waals surface area contributed by atoms with Gasteiger partial charge in [0.25, 0.3) is 0 Å². The number of nitrogens with zero attached hydrogens (tertiary/aromatic N) is 1. The molecule has 0 bridgehead atoms. The van der Waals surface area contributed by atoms with Crippen LogP contribution in [0.1, 0.15) is 45.2 Å². The summed E-state index contributed by atoms with van der Waals surface area (Å²) >= 11 is 0. The SMILES string of the molecule is CC#Cc1ccc(CNC(=O)[C@@H]2C[C@@H](O)CN2C(=O)[C@@H](NC)C(C)(C)C)c(OC)c1. The van der Waals surface area contributed by atoms with Crippen molar-refractivity contribution >= 4 is 11.8 Å². The summed E-state index contributed by atoms with van der Waals surface area (Å²) in [6.07, 6.45) is -0.496. The van der Waals surface area contributed by atoms with Crippen molar-refractivity contribution in [2.45, 2.75) is 58.8 Å². The van der Waals surface area contributed by atoms with Gasteiger partial charge in [0.05, 0.1) is 19.3 Å². The Balaban J connectivity index is 2.13. The molecule has 1 aliphatic heterocycles. The van der Waals surface area contributed by atoms with Crippen LogP contribution in [0.25, 0.3) is 0 Å². The van der Waals surface area contributed by atoms with Crippen molar-refractivity contribution in [3.63, 3.8) is 0 Å². The van der Waals surface area contributed by atoms with Gasteiger partial charge in [0.15, 0.2) is 0 Å². The Labute approximate surface area is 179 Å². The minimum atomic E-state index is -0.719. The predicted octanol–water partition coefficient (Wildman–Crippen LogP) is 1.28. The van der Waals surface area contributed by atoms with Gasteiger partial charge >= 0.3 is 0 Å². The van der Waals surface area contributed by atoms with Crippen LogP contribution in [0.2, 0.25) is 0 Å². The number of hydrogen-bond acceptors (Lipinski definition) is 5. The first-order chi connectivity index (χ1) is 14.1. The second-order valence-electron chi connectivity index (χ2n) is 8.60. The number of nitrogens with one attached hydrogen (secondary N) is 2. The van der Waals surface area contributed by atoms with Gasteiger partial charge in [0, 0.05) is 30.6 Å². The van der Waals surface area contributed by atoms with Crippen LogP contribution < -0.4 is 15.4 Å². The van der Waals surface area contributed by atoms with Crippen LogP contribution in [0, 0.1) is 17.3 Å². The number of β-amino-alcohol motifs (C(OH)–C–C–N with tert-alkyl or cyclic N) is 1. The number of carbonyl (C=O) groups excluding carboxylic acids is 2. The molecule has 0 aromatic heterocycles. The average Bonchev–Trinajstić information content (AvgIpc) is 3.08. The van der Waals surface area contributed by atoms with Crippen LogP contribution in [0.5, 0.6) is 5.75 Å². The summed E-state index contributed by atoms with van der Waals surface area (Å²) in [4.78, 5) is 27.5. The Morgan fingerprint density at radius 1 is 1.37 bits per heavy atom. The molecule has 1 aromatic carbocycles. The molecule has 0 spiro atoms. The fraction of sp³-hybridized carbons (Fsp3) is 0.565. The van der Waals surface area contributed by atoms with Gasteiger partial charge in [0.1, 0.15) is 11.8 Å². The molecule has 1 saturated heterocycles. The van der Waals surface area contributed by atoms with Gasteiger partial charge in [-0.2, -0.15) is 0 Å². The number of rotatable bonds is 6. The van der Waals surface area contributed by atoms with Gasteiger partial charge in [-0.15, -0.1) is 5.92 Å². The van der Waals surface area contributed by atoms with E-state index in [-0.39, 0.29) is 36.7 Å². The molecule has 0 saturated carbocycles. The Kier molecular flexibility index (Phi) is 7.88. The molecule has 1 aromatic rings. The third kappa shape index (κ3) is 5.53. The number of carbonyl (C=O) groups is 2. The Bertz CT molecular complexity index is 835. The van der Waals surface area contributed by atoms with E-state index in [1.54, 1.807) is 21.1 Å². The van der Waals surface area contributed by atoms with E-state index in [9.17, 15) is 14.7 Å². The third-order valence-corrected chi connectivity index (χ3v) is 5.28. The Morgan fingerprint density at radius 2 is 2.07 bits per heavy atom. The molecule has 3 N–H and O–H groups in total. The quantitative estimate of drug-likeness (QED) is 0.609. The van der Waals surface area contributed by atoms with Gasteiger partial charge in [-0.3, -0.25) is 9.59 Å². The Morgan fingerprint density at radius 3 is 2.63 bits per heavy atom. The second kappa shape index (κ2) is 9.96. The lowest BCUT2D eigenvalue weighted by Crippen LogP contribution is -2.55. The number of likely N-dealkylation sites (N-methyl/N-ethyl adjacent to an activating group) is 1. The molecule has 0 radical (unpaired) electrons. The molecule has 2 amide bonds. The molecule has 0 aliphatic carbocycles. The van der Waals surface area contributed by atoms with Gasteiger partial charge in [-0.1, -0.05) is 32.8 Å². The number of amides is 2. The topological polar surface area (TPSA) is 90.9 Å². The molecule has 0 unspecified atom stereocenters. The lowest BCUT2D eigenvalue weighted by Gasteiger charge is -2.34. The largest absolute Gasteiger partial charge is 0.496 e. The van der Waals surface area contributed by atoms with Gasteiger partial charge in [0.2, 0.25) is 11.8 Å². The highest BCUT2D eigenvalue weighted by atomic mass is 16.5. The summed E-state index contributed by atoms with van der Waals surface area (Å²) in [6.45, 7) is 8.07. The van der Waals surface area contributed by atoms with Crippen molar-refractivity contribution in [1.29, 1.82) is 0 Å². The minimum Gasteiger partial charge on any atom is -0.496 e. The normalized spacial score (nSPS) is 19.6. The van der Waals surface area contributed by atoms with Crippen molar-refractivity contribution in [3.05, 3.63) is 29.3 Å². The summed E-state index contributed by atoms with van der Waals surface area (Å²) in [7, 11) is 3.30. The molecule has 3 atom stereocenters. The summed E-state index contributed by atoms with van der Waals surface area (Å²) in [5, 5.41) is 16.1. The number of methoxy groups -OCH3 is 1. The zero-order valence-electron chi connectivity index (χ0n) is 18.7. The van der Waals surface area contributed by atoms with E-state index in [1.165, 1.54) is 4.90 Å². The first kappa shape index (κ1) is 23.7. The fourth-order valence-electron chi connectivity index (χ4n) is 3.81. The highest BCUT2D eigenvalue weighted by Crippen LogP contribution is 2.26. The summed E-state index contributed by atoms with van der Waals surface area (Å²) in [6, 6.07) is 4.40. The maximum absolute atomic E-state index is 13.1. The standard InChI is InChI=1S/C23H33N3O4/c1-7-8-15-9-10-16(19(11-15)30-6)13-25-21(28)18-12-17(27)14-26(18)22(29)20(24-5)23(2,3)4/h9-11,17-18,20,24,27H,12-14H2,1-6H3,(H,25,28)/t17-,18+,20-/m1/s1. The van der Waals surface area contributed by atoms with Crippen LogP contribution in [0.4, 0.5) is 0 Å². The Hall–Kier alpha value is -2.56. The second-order valence-corrected chi connectivity index (χ2v) is 8.60. The van der Waals surface area contributed by atoms with E-state index in [4.69, 9.17) is 4.74 Å². The van der Waals surface area contributed by atoms with Gasteiger partial charge in [-0.25, -0.2) is 0 Å². The lowest BCUT2D eigenvalue weighted by molar-refractivity contribution is -0.142. The van der Waals surface area contributed by atoms with Crippen molar-refractivity contribution in [2.24, 2.45) is 5.41 Å². The predicted molar refractivity (Wildman–Crippen MR) is 116 cm³/mol. The molecule has 2 rings (SSSR count). The minimum absolute atomic E-state index is 0.152. The lowest BCUT2D eigenvalue weighted by atomic mass is 9.86. The number of ether oxygens (including phenoxy) is 1. The molecule has 1 fully saturated rings. The van der Waals surface area contributed by atoms with E-state index >= 15 is 0 Å². The number of aliphatic hydroxyl groups is 1. The molecular formula is C23H33N3O4. The number of benzene rings is 1.